The van der Waals surface area contributed by atoms with Crippen LogP contribution in [0.3, 0.4) is 0 Å². The highest BCUT2D eigenvalue weighted by Crippen LogP contribution is 2.23. The first kappa shape index (κ1) is 16.2. The number of aryl methyl sites for hydroxylation is 1. The van der Waals surface area contributed by atoms with E-state index < -0.39 is 0 Å². The largest absolute Gasteiger partial charge is 0.307 e. The lowest BCUT2D eigenvalue weighted by atomic mass is 10.1. The predicted octanol–water partition coefficient (Wildman–Crippen LogP) is 3.40. The molecule has 106 valence electrons. The lowest BCUT2D eigenvalue weighted by Gasteiger charge is -2.19. The molecule has 1 aromatic heterocycles. The summed E-state index contributed by atoms with van der Waals surface area (Å²) in [6.45, 7) is 14.6. The molecule has 0 atom stereocenters. The molecule has 0 amide bonds. The first-order valence-electron chi connectivity index (χ1n) is 6.84. The van der Waals surface area contributed by atoms with Crippen molar-refractivity contribution in [3.8, 4) is 12.3 Å². The van der Waals surface area contributed by atoms with Crippen molar-refractivity contribution >= 4 is 11.3 Å². The van der Waals surface area contributed by atoms with Crippen LogP contribution in [0, 0.1) is 19.3 Å². The van der Waals surface area contributed by atoms with Crippen molar-refractivity contribution in [3.05, 3.63) is 21.4 Å². The minimum atomic E-state index is 0.164. The zero-order chi connectivity index (χ0) is 14.5. The van der Waals surface area contributed by atoms with Crippen molar-refractivity contribution in [3.63, 3.8) is 0 Å². The highest BCUT2D eigenvalue weighted by atomic mass is 32.1. The first-order chi connectivity index (χ1) is 8.85. The van der Waals surface area contributed by atoms with Gasteiger partial charge in [0.2, 0.25) is 0 Å². The maximum absolute atomic E-state index is 5.40. The molecule has 0 saturated carbocycles. The van der Waals surface area contributed by atoms with E-state index in [4.69, 9.17) is 6.42 Å². The van der Waals surface area contributed by atoms with Gasteiger partial charge in [-0.15, -0.1) is 17.8 Å². The fourth-order valence-electron chi connectivity index (χ4n) is 1.83. The Morgan fingerprint density at radius 3 is 2.63 bits per heavy atom. The molecule has 0 spiro atoms. The van der Waals surface area contributed by atoms with Crippen LogP contribution in [0.5, 0.6) is 0 Å². The third-order valence-electron chi connectivity index (χ3n) is 3.02. The molecule has 0 unspecified atom stereocenters. The van der Waals surface area contributed by atoms with Crippen molar-refractivity contribution in [2.75, 3.05) is 13.1 Å². The number of terminal acetylenes is 1. The molecule has 19 heavy (non-hydrogen) atoms. The molecule has 0 aliphatic carbocycles. The maximum Gasteiger partial charge on any atom is 0.0601 e. The highest BCUT2D eigenvalue weighted by Gasteiger charge is 2.12. The lowest BCUT2D eigenvalue weighted by molar-refractivity contribution is 0.316. The van der Waals surface area contributed by atoms with Gasteiger partial charge in [0.05, 0.1) is 6.54 Å². The Morgan fingerprint density at radius 1 is 1.42 bits per heavy atom. The first-order valence-corrected chi connectivity index (χ1v) is 7.66. The minimum absolute atomic E-state index is 0.164. The molecule has 1 aromatic rings. The monoisotopic (exact) mass is 278 g/mol. The van der Waals surface area contributed by atoms with Crippen molar-refractivity contribution in [1.29, 1.82) is 0 Å². The van der Waals surface area contributed by atoms with Crippen LogP contribution in [0.15, 0.2) is 6.07 Å². The summed E-state index contributed by atoms with van der Waals surface area (Å²) >= 11 is 1.88. The number of rotatable bonds is 6. The van der Waals surface area contributed by atoms with Gasteiger partial charge in [-0.25, -0.2) is 0 Å². The quantitative estimate of drug-likeness (QED) is 0.802. The Bertz CT molecular complexity index is 435. The minimum Gasteiger partial charge on any atom is -0.307 e. The van der Waals surface area contributed by atoms with E-state index in [0.717, 1.165) is 26.2 Å². The Balaban J connectivity index is 2.66. The van der Waals surface area contributed by atoms with Gasteiger partial charge >= 0.3 is 0 Å². The average Bonchev–Trinajstić information content (AvgIpc) is 2.66. The standard InChI is InChI=1S/C16H26N2S/c1-7-9-18(8-2)12-14-10-15(19-13(14)3)11-17-16(4,5)6/h1,10,17H,8-9,11-12H2,2-6H3. The van der Waals surface area contributed by atoms with Crippen LogP contribution in [-0.2, 0) is 13.1 Å². The smallest absolute Gasteiger partial charge is 0.0601 e. The topological polar surface area (TPSA) is 15.3 Å². The molecule has 1 rings (SSSR count). The zero-order valence-corrected chi connectivity index (χ0v) is 13.7. The number of thiophene rings is 1. The summed E-state index contributed by atoms with van der Waals surface area (Å²) in [6.07, 6.45) is 5.40. The van der Waals surface area contributed by atoms with Crippen LogP contribution in [0.1, 0.15) is 43.0 Å². The van der Waals surface area contributed by atoms with Crippen LogP contribution >= 0.6 is 11.3 Å². The normalized spacial score (nSPS) is 11.8. The molecule has 0 bridgehead atoms. The Labute approximate surface area is 122 Å². The van der Waals surface area contributed by atoms with Gasteiger partial charge in [-0.1, -0.05) is 12.8 Å². The van der Waals surface area contributed by atoms with E-state index >= 15 is 0 Å². The predicted molar refractivity (Wildman–Crippen MR) is 85.4 cm³/mol. The SMILES string of the molecule is C#CCN(CC)Cc1cc(CNC(C)(C)C)sc1C. The van der Waals surface area contributed by atoms with E-state index in [0.29, 0.717) is 0 Å². The Morgan fingerprint density at radius 2 is 2.11 bits per heavy atom. The van der Waals surface area contributed by atoms with E-state index in [-0.39, 0.29) is 5.54 Å². The molecule has 0 radical (unpaired) electrons. The van der Waals surface area contributed by atoms with Gasteiger partial charge in [0.1, 0.15) is 0 Å². The molecular formula is C16H26N2S. The van der Waals surface area contributed by atoms with E-state index in [9.17, 15) is 0 Å². The van der Waals surface area contributed by atoms with Gasteiger partial charge in [-0.3, -0.25) is 4.90 Å². The summed E-state index contributed by atoms with van der Waals surface area (Å²) in [5.41, 5.74) is 1.57. The summed E-state index contributed by atoms with van der Waals surface area (Å²) < 4.78 is 0. The number of nitrogens with zero attached hydrogens (tertiary/aromatic N) is 1. The molecule has 1 heterocycles. The van der Waals surface area contributed by atoms with E-state index in [1.165, 1.54) is 15.3 Å². The van der Waals surface area contributed by atoms with Crippen LogP contribution in [0.4, 0.5) is 0 Å². The average molecular weight is 278 g/mol. The van der Waals surface area contributed by atoms with Gasteiger partial charge in [0, 0.05) is 28.4 Å². The fraction of sp³-hybridized carbons (Fsp3) is 0.625. The Hall–Kier alpha value is -0.820. The molecule has 2 nitrogen and oxygen atoms in total. The number of hydrogen-bond donors (Lipinski definition) is 1. The molecule has 3 heteroatoms. The third kappa shape index (κ3) is 5.78. The van der Waals surface area contributed by atoms with Crippen LogP contribution in [0.25, 0.3) is 0 Å². The third-order valence-corrected chi connectivity index (χ3v) is 4.11. The summed E-state index contributed by atoms with van der Waals surface area (Å²) in [5.74, 6) is 2.73. The fourth-order valence-corrected chi connectivity index (χ4v) is 2.83. The van der Waals surface area contributed by atoms with Crippen molar-refractivity contribution in [1.82, 2.24) is 10.2 Å². The van der Waals surface area contributed by atoms with Gasteiger partial charge in [-0.05, 0) is 45.9 Å². The second kappa shape index (κ2) is 7.09. The van der Waals surface area contributed by atoms with Crippen molar-refractivity contribution < 1.29 is 0 Å². The summed E-state index contributed by atoms with van der Waals surface area (Å²) in [7, 11) is 0. The van der Waals surface area contributed by atoms with Crippen molar-refractivity contribution in [2.45, 2.75) is 53.2 Å². The van der Waals surface area contributed by atoms with Crippen LogP contribution in [0.2, 0.25) is 0 Å². The van der Waals surface area contributed by atoms with Gasteiger partial charge in [0.25, 0.3) is 0 Å². The molecule has 0 saturated heterocycles. The van der Waals surface area contributed by atoms with Crippen molar-refractivity contribution in [2.24, 2.45) is 0 Å². The van der Waals surface area contributed by atoms with Gasteiger partial charge in [-0.2, -0.15) is 0 Å². The molecule has 0 fully saturated rings. The molecule has 0 aliphatic rings. The summed E-state index contributed by atoms with van der Waals surface area (Å²) in [5, 5.41) is 3.54. The number of nitrogens with one attached hydrogen (secondary N) is 1. The second-order valence-electron chi connectivity index (χ2n) is 5.91. The lowest BCUT2D eigenvalue weighted by Crippen LogP contribution is -2.34. The Kier molecular flexibility index (Phi) is 6.06. The molecule has 1 N–H and O–H groups in total. The van der Waals surface area contributed by atoms with E-state index in [1.807, 2.05) is 11.3 Å². The molecule has 0 aliphatic heterocycles. The summed E-state index contributed by atoms with van der Waals surface area (Å²) in [4.78, 5) is 5.09. The van der Waals surface area contributed by atoms with Gasteiger partial charge in [0.15, 0.2) is 0 Å². The van der Waals surface area contributed by atoms with E-state index in [2.05, 4.69) is 56.8 Å². The van der Waals surface area contributed by atoms with Crippen LogP contribution < -0.4 is 5.32 Å². The highest BCUT2D eigenvalue weighted by molar-refractivity contribution is 7.12. The molecule has 0 aromatic carbocycles. The van der Waals surface area contributed by atoms with Crippen LogP contribution in [-0.4, -0.2) is 23.5 Å². The number of hydrogen-bond acceptors (Lipinski definition) is 3. The van der Waals surface area contributed by atoms with E-state index in [1.54, 1.807) is 0 Å². The zero-order valence-electron chi connectivity index (χ0n) is 12.8. The molecular weight excluding hydrogens is 252 g/mol. The van der Waals surface area contributed by atoms with Gasteiger partial charge < -0.3 is 5.32 Å². The second-order valence-corrected chi connectivity index (χ2v) is 7.25. The maximum atomic E-state index is 5.40. The summed E-state index contributed by atoms with van der Waals surface area (Å²) in [6, 6.07) is 2.32.